The van der Waals surface area contributed by atoms with Gasteiger partial charge in [0.2, 0.25) is 0 Å². The number of benzene rings is 1. The third-order valence-electron chi connectivity index (χ3n) is 2.97. The van der Waals surface area contributed by atoms with Crippen molar-refractivity contribution in [3.05, 3.63) is 28.8 Å². The Morgan fingerprint density at radius 2 is 2.10 bits per heavy atom. The minimum atomic E-state index is -0.851. The zero-order valence-corrected chi connectivity index (χ0v) is 13.1. The number of carbonyl (C=O) groups excluding carboxylic acids is 2. The molecule has 1 aromatic carbocycles. The Kier molecular flexibility index (Phi) is 7.02. The van der Waals surface area contributed by atoms with Gasteiger partial charge in [0.15, 0.2) is 6.10 Å². The molecule has 0 aliphatic heterocycles. The van der Waals surface area contributed by atoms with Crippen molar-refractivity contribution in [2.45, 2.75) is 39.2 Å². The molecule has 0 saturated carbocycles. The fraction of sp³-hybridized carbons (Fsp3) is 0.467. The molecule has 1 unspecified atom stereocenters. The number of nitrogens with two attached hydrogens (primary N) is 1. The van der Waals surface area contributed by atoms with E-state index >= 15 is 0 Å². The lowest BCUT2D eigenvalue weighted by Gasteiger charge is -2.13. The Hall–Kier alpha value is -1.75. The van der Waals surface area contributed by atoms with E-state index in [4.69, 9.17) is 22.1 Å². The zero-order valence-electron chi connectivity index (χ0n) is 12.3. The fourth-order valence-electron chi connectivity index (χ4n) is 1.67. The van der Waals surface area contributed by atoms with Crippen LogP contribution in [0.2, 0.25) is 5.02 Å². The number of hydrogen-bond acceptors (Lipinski definition) is 4. The summed E-state index contributed by atoms with van der Waals surface area (Å²) in [5.41, 5.74) is 6.22. The summed E-state index contributed by atoms with van der Waals surface area (Å²) in [6.07, 6.45) is 2.20. The quantitative estimate of drug-likeness (QED) is 0.461. The van der Waals surface area contributed by atoms with Crippen molar-refractivity contribution >= 4 is 29.2 Å². The Morgan fingerprint density at radius 1 is 1.38 bits per heavy atom. The number of nitrogen functional groups attached to an aromatic ring is 1. The fourth-order valence-corrected chi connectivity index (χ4v) is 1.85. The highest BCUT2D eigenvalue weighted by molar-refractivity contribution is 6.33. The number of halogens is 1. The van der Waals surface area contributed by atoms with Crippen LogP contribution in [0.25, 0.3) is 0 Å². The van der Waals surface area contributed by atoms with E-state index in [1.807, 2.05) is 0 Å². The largest absolute Gasteiger partial charge is 0.449 e. The summed E-state index contributed by atoms with van der Waals surface area (Å²) in [5.74, 6) is -0.908. The van der Waals surface area contributed by atoms with Gasteiger partial charge in [-0.05, 0) is 31.5 Å². The molecule has 3 N–H and O–H groups in total. The van der Waals surface area contributed by atoms with Crippen molar-refractivity contribution < 1.29 is 14.3 Å². The van der Waals surface area contributed by atoms with E-state index in [-0.39, 0.29) is 16.5 Å². The predicted molar refractivity (Wildman–Crippen MR) is 83.3 cm³/mol. The van der Waals surface area contributed by atoms with Gasteiger partial charge in [0.05, 0.1) is 16.3 Å². The van der Waals surface area contributed by atoms with Gasteiger partial charge in [-0.3, -0.25) is 4.79 Å². The Morgan fingerprint density at radius 3 is 2.71 bits per heavy atom. The highest BCUT2D eigenvalue weighted by Crippen LogP contribution is 2.20. The van der Waals surface area contributed by atoms with Gasteiger partial charge in [-0.1, -0.05) is 31.4 Å². The molecule has 1 rings (SSSR count). The normalized spacial score (nSPS) is 11.8. The van der Waals surface area contributed by atoms with Crippen molar-refractivity contribution in [3.63, 3.8) is 0 Å². The summed E-state index contributed by atoms with van der Waals surface area (Å²) in [5, 5.41) is 3.01. The minimum Gasteiger partial charge on any atom is -0.449 e. The van der Waals surface area contributed by atoms with Gasteiger partial charge >= 0.3 is 5.97 Å². The summed E-state index contributed by atoms with van der Waals surface area (Å²) < 4.78 is 5.10. The lowest BCUT2D eigenvalue weighted by Crippen LogP contribution is -2.36. The van der Waals surface area contributed by atoms with E-state index in [1.165, 1.54) is 25.1 Å². The molecule has 0 heterocycles. The van der Waals surface area contributed by atoms with E-state index in [9.17, 15) is 9.59 Å². The van der Waals surface area contributed by atoms with Gasteiger partial charge in [-0.15, -0.1) is 0 Å². The SMILES string of the molecule is CCCCCNC(=O)C(C)OC(=O)c1ccc(N)c(Cl)c1. The highest BCUT2D eigenvalue weighted by Gasteiger charge is 2.18. The summed E-state index contributed by atoms with van der Waals surface area (Å²) >= 11 is 5.84. The van der Waals surface area contributed by atoms with Crippen LogP contribution < -0.4 is 11.1 Å². The predicted octanol–water partition coefficient (Wildman–Crippen LogP) is 2.77. The van der Waals surface area contributed by atoms with Gasteiger partial charge in [0.1, 0.15) is 0 Å². The lowest BCUT2D eigenvalue weighted by atomic mass is 10.2. The Labute approximate surface area is 129 Å². The molecule has 21 heavy (non-hydrogen) atoms. The molecule has 1 amide bonds. The third-order valence-corrected chi connectivity index (χ3v) is 3.30. The molecule has 1 atom stereocenters. The monoisotopic (exact) mass is 312 g/mol. The van der Waals surface area contributed by atoms with Crippen LogP contribution in [0.3, 0.4) is 0 Å². The minimum absolute atomic E-state index is 0.264. The number of unbranched alkanes of at least 4 members (excludes halogenated alkanes) is 2. The molecule has 0 aliphatic rings. The topological polar surface area (TPSA) is 81.4 Å². The van der Waals surface area contributed by atoms with E-state index < -0.39 is 12.1 Å². The Bertz CT molecular complexity index is 506. The number of hydrogen-bond donors (Lipinski definition) is 2. The van der Waals surface area contributed by atoms with Crippen LogP contribution in [0.5, 0.6) is 0 Å². The smallest absolute Gasteiger partial charge is 0.338 e. The molecule has 0 aromatic heterocycles. The molecule has 5 nitrogen and oxygen atoms in total. The Balaban J connectivity index is 2.49. The second-order valence-corrected chi connectivity index (χ2v) is 5.19. The maximum Gasteiger partial charge on any atom is 0.338 e. The summed E-state index contributed by atoms with van der Waals surface area (Å²) in [6, 6.07) is 4.45. The molecule has 0 bridgehead atoms. The maximum atomic E-state index is 11.9. The van der Waals surface area contributed by atoms with E-state index in [2.05, 4.69) is 12.2 Å². The molecule has 116 valence electrons. The van der Waals surface area contributed by atoms with Gasteiger partial charge in [0, 0.05) is 6.54 Å². The third kappa shape index (κ3) is 5.63. The first-order valence-electron chi connectivity index (χ1n) is 6.99. The van der Waals surface area contributed by atoms with E-state index in [0.717, 1.165) is 19.3 Å². The molecule has 6 heteroatoms. The number of ether oxygens (including phenoxy) is 1. The number of anilines is 1. The van der Waals surface area contributed by atoms with Gasteiger partial charge in [-0.2, -0.15) is 0 Å². The maximum absolute atomic E-state index is 11.9. The van der Waals surface area contributed by atoms with Crippen molar-refractivity contribution in [1.82, 2.24) is 5.32 Å². The zero-order chi connectivity index (χ0) is 15.8. The first-order chi connectivity index (χ1) is 9.95. The van der Waals surface area contributed by atoms with Crippen LogP contribution >= 0.6 is 11.6 Å². The number of rotatable bonds is 7. The van der Waals surface area contributed by atoms with E-state index in [1.54, 1.807) is 0 Å². The molecule has 0 spiro atoms. The summed E-state index contributed by atoms with van der Waals surface area (Å²) in [6.45, 7) is 4.21. The molecule has 0 radical (unpaired) electrons. The van der Waals surface area contributed by atoms with Crippen molar-refractivity contribution in [2.75, 3.05) is 12.3 Å². The van der Waals surface area contributed by atoms with Gasteiger partial charge < -0.3 is 15.8 Å². The molecule has 0 saturated heterocycles. The number of nitrogens with one attached hydrogen (secondary N) is 1. The molecule has 0 aliphatic carbocycles. The average molecular weight is 313 g/mol. The van der Waals surface area contributed by atoms with Gasteiger partial charge in [-0.25, -0.2) is 4.79 Å². The van der Waals surface area contributed by atoms with Crippen molar-refractivity contribution in [3.8, 4) is 0 Å². The van der Waals surface area contributed by atoms with Crippen molar-refractivity contribution in [1.29, 1.82) is 0 Å². The summed E-state index contributed by atoms with van der Waals surface area (Å²) in [4.78, 5) is 23.7. The standard InChI is InChI=1S/C15H21ClN2O3/c1-3-4-5-8-18-14(19)10(2)21-15(20)11-6-7-13(17)12(16)9-11/h6-7,9-10H,3-5,8,17H2,1-2H3,(H,18,19). The number of amides is 1. The molecular formula is C15H21ClN2O3. The van der Waals surface area contributed by atoms with Crippen LogP contribution in [0, 0.1) is 0 Å². The number of carbonyl (C=O) groups is 2. The first-order valence-corrected chi connectivity index (χ1v) is 7.37. The van der Waals surface area contributed by atoms with Crippen molar-refractivity contribution in [2.24, 2.45) is 0 Å². The van der Waals surface area contributed by atoms with E-state index in [0.29, 0.717) is 12.2 Å². The molecule has 0 fully saturated rings. The molecular weight excluding hydrogens is 292 g/mol. The molecule has 1 aromatic rings. The second-order valence-electron chi connectivity index (χ2n) is 4.78. The summed E-state index contributed by atoms with van der Waals surface area (Å²) in [7, 11) is 0. The number of esters is 1. The average Bonchev–Trinajstić information content (AvgIpc) is 2.46. The lowest BCUT2D eigenvalue weighted by molar-refractivity contribution is -0.129. The van der Waals surface area contributed by atoms with Crippen LogP contribution in [-0.2, 0) is 9.53 Å². The van der Waals surface area contributed by atoms with Crippen LogP contribution in [0.15, 0.2) is 18.2 Å². The highest BCUT2D eigenvalue weighted by atomic mass is 35.5. The second kappa shape index (κ2) is 8.52. The van der Waals surface area contributed by atoms with Gasteiger partial charge in [0.25, 0.3) is 5.91 Å². The first kappa shape index (κ1) is 17.3. The van der Waals surface area contributed by atoms with Crippen LogP contribution in [0.1, 0.15) is 43.5 Å². The van der Waals surface area contributed by atoms with Crippen LogP contribution in [-0.4, -0.2) is 24.5 Å². The van der Waals surface area contributed by atoms with Crippen LogP contribution in [0.4, 0.5) is 5.69 Å².